The fraction of sp³-hybridized carbons (Fsp3) is 0.556. The highest BCUT2D eigenvalue weighted by Gasteiger charge is 1.76. The summed E-state index contributed by atoms with van der Waals surface area (Å²) < 4.78 is 0. The molecule has 0 aromatic rings. The van der Waals surface area contributed by atoms with Crippen LogP contribution in [0, 0.1) is 0 Å². The van der Waals surface area contributed by atoms with Gasteiger partial charge in [-0.1, -0.05) is 23.8 Å². The van der Waals surface area contributed by atoms with Gasteiger partial charge in [-0.05, 0) is 33.6 Å². The first-order chi connectivity index (χ1) is 4.27. The SMILES string of the molecule is CC=CCCC=C(C)C. The second kappa shape index (κ2) is 5.61. The average Bonchev–Trinajstić information content (AvgIpc) is 1.80. The van der Waals surface area contributed by atoms with Crippen molar-refractivity contribution in [3.63, 3.8) is 0 Å². The van der Waals surface area contributed by atoms with Crippen molar-refractivity contribution < 1.29 is 0 Å². The van der Waals surface area contributed by atoms with Gasteiger partial charge in [0.15, 0.2) is 0 Å². The summed E-state index contributed by atoms with van der Waals surface area (Å²) in [4.78, 5) is 0. The van der Waals surface area contributed by atoms with Crippen LogP contribution in [-0.4, -0.2) is 0 Å². The van der Waals surface area contributed by atoms with E-state index >= 15 is 0 Å². The van der Waals surface area contributed by atoms with E-state index in [2.05, 4.69) is 39.0 Å². The molecule has 0 nitrogen and oxygen atoms in total. The van der Waals surface area contributed by atoms with E-state index in [1.54, 1.807) is 0 Å². The number of hydrogen-bond donors (Lipinski definition) is 0. The van der Waals surface area contributed by atoms with Gasteiger partial charge in [0.2, 0.25) is 0 Å². The minimum atomic E-state index is 1.18. The molecule has 0 amide bonds. The first-order valence-electron chi connectivity index (χ1n) is 3.52. The molecule has 0 heteroatoms. The standard InChI is InChI=1S/C9H16/c1-4-5-6-7-8-9(2)3/h4-5,8H,6-7H2,1-3H3. The Bertz CT molecular complexity index is 103. The third-order valence-corrected chi connectivity index (χ3v) is 1.12. The highest BCUT2D eigenvalue weighted by atomic mass is 13.8. The predicted octanol–water partition coefficient (Wildman–Crippen LogP) is 3.31. The zero-order valence-electron chi connectivity index (χ0n) is 6.65. The maximum Gasteiger partial charge on any atom is -0.0314 e. The van der Waals surface area contributed by atoms with Crippen molar-refractivity contribution in [2.45, 2.75) is 33.6 Å². The van der Waals surface area contributed by atoms with Crippen LogP contribution in [0.25, 0.3) is 0 Å². The van der Waals surface area contributed by atoms with E-state index in [0.717, 1.165) is 0 Å². The Labute approximate surface area is 58.3 Å². The first kappa shape index (κ1) is 8.48. The van der Waals surface area contributed by atoms with Gasteiger partial charge >= 0.3 is 0 Å². The van der Waals surface area contributed by atoms with Crippen LogP contribution in [0.5, 0.6) is 0 Å². The van der Waals surface area contributed by atoms with Crippen LogP contribution >= 0.6 is 0 Å². The highest BCUT2D eigenvalue weighted by Crippen LogP contribution is 1.97. The second-order valence-electron chi connectivity index (χ2n) is 2.43. The summed E-state index contributed by atoms with van der Waals surface area (Å²) in [5.74, 6) is 0. The van der Waals surface area contributed by atoms with Crippen molar-refractivity contribution in [1.29, 1.82) is 0 Å². The molecule has 0 spiro atoms. The van der Waals surface area contributed by atoms with E-state index < -0.39 is 0 Å². The summed E-state index contributed by atoms with van der Waals surface area (Å²) in [5.41, 5.74) is 1.42. The van der Waals surface area contributed by atoms with E-state index in [-0.39, 0.29) is 0 Å². The molecule has 0 bridgehead atoms. The molecule has 0 radical (unpaired) electrons. The third kappa shape index (κ3) is 7.48. The van der Waals surface area contributed by atoms with Gasteiger partial charge in [-0.15, -0.1) is 0 Å². The van der Waals surface area contributed by atoms with E-state index in [1.165, 1.54) is 18.4 Å². The van der Waals surface area contributed by atoms with Gasteiger partial charge < -0.3 is 0 Å². The Morgan fingerprint density at radius 3 is 2.33 bits per heavy atom. The van der Waals surface area contributed by atoms with Crippen molar-refractivity contribution in [3.05, 3.63) is 23.8 Å². The lowest BCUT2D eigenvalue weighted by molar-refractivity contribution is 1.03. The van der Waals surface area contributed by atoms with Crippen molar-refractivity contribution in [2.75, 3.05) is 0 Å². The minimum Gasteiger partial charge on any atom is -0.0917 e. The number of rotatable bonds is 3. The van der Waals surface area contributed by atoms with Crippen LogP contribution in [0.15, 0.2) is 23.8 Å². The molecule has 9 heavy (non-hydrogen) atoms. The summed E-state index contributed by atoms with van der Waals surface area (Å²) in [6, 6.07) is 0. The van der Waals surface area contributed by atoms with E-state index in [9.17, 15) is 0 Å². The lowest BCUT2D eigenvalue weighted by Gasteiger charge is -1.87. The maximum atomic E-state index is 2.26. The van der Waals surface area contributed by atoms with Gasteiger partial charge in [-0.2, -0.15) is 0 Å². The summed E-state index contributed by atoms with van der Waals surface area (Å²) in [7, 11) is 0. The zero-order chi connectivity index (χ0) is 7.11. The van der Waals surface area contributed by atoms with E-state index in [4.69, 9.17) is 0 Å². The van der Waals surface area contributed by atoms with Crippen molar-refractivity contribution >= 4 is 0 Å². The molecule has 0 unspecified atom stereocenters. The quantitative estimate of drug-likeness (QED) is 0.400. The van der Waals surface area contributed by atoms with E-state index in [0.29, 0.717) is 0 Å². The van der Waals surface area contributed by atoms with Crippen LogP contribution in [0.1, 0.15) is 33.6 Å². The highest BCUT2D eigenvalue weighted by molar-refractivity contribution is 4.94. The molecule has 0 rings (SSSR count). The molecule has 0 N–H and O–H groups in total. The maximum absolute atomic E-state index is 2.26. The van der Waals surface area contributed by atoms with Crippen LogP contribution in [-0.2, 0) is 0 Å². The van der Waals surface area contributed by atoms with Gasteiger partial charge in [0.25, 0.3) is 0 Å². The van der Waals surface area contributed by atoms with Crippen LogP contribution in [0.3, 0.4) is 0 Å². The molecule has 0 aliphatic rings. The molecule has 0 aliphatic heterocycles. The fourth-order valence-corrected chi connectivity index (χ4v) is 0.635. The second-order valence-corrected chi connectivity index (χ2v) is 2.43. The normalized spacial score (nSPS) is 10.1. The molecule has 0 atom stereocenters. The Morgan fingerprint density at radius 1 is 1.22 bits per heavy atom. The molecule has 0 aromatic heterocycles. The molecule has 0 fully saturated rings. The summed E-state index contributed by atoms with van der Waals surface area (Å²) in [5, 5.41) is 0. The third-order valence-electron chi connectivity index (χ3n) is 1.12. The molecule has 52 valence electrons. The predicted molar refractivity (Wildman–Crippen MR) is 43.5 cm³/mol. The Morgan fingerprint density at radius 2 is 1.89 bits per heavy atom. The molecule has 0 aromatic carbocycles. The van der Waals surface area contributed by atoms with Crippen LogP contribution in [0.4, 0.5) is 0 Å². The summed E-state index contributed by atoms with van der Waals surface area (Å²) in [6.45, 7) is 6.33. The van der Waals surface area contributed by atoms with E-state index in [1.807, 2.05) is 0 Å². The average molecular weight is 124 g/mol. The van der Waals surface area contributed by atoms with Gasteiger partial charge in [-0.3, -0.25) is 0 Å². The molecule has 0 saturated carbocycles. The topological polar surface area (TPSA) is 0 Å². The zero-order valence-corrected chi connectivity index (χ0v) is 6.65. The summed E-state index contributed by atoms with van der Waals surface area (Å²) >= 11 is 0. The number of unbranched alkanes of at least 4 members (excludes halogenated alkanes) is 1. The lowest BCUT2D eigenvalue weighted by atomic mass is 10.2. The Kier molecular flexibility index (Phi) is 5.29. The summed E-state index contributed by atoms with van der Waals surface area (Å²) in [6.07, 6.45) is 8.92. The molecule has 0 aliphatic carbocycles. The van der Waals surface area contributed by atoms with Crippen molar-refractivity contribution in [3.8, 4) is 0 Å². The minimum absolute atomic E-state index is 1.18. The van der Waals surface area contributed by atoms with Gasteiger partial charge in [0.1, 0.15) is 0 Å². The van der Waals surface area contributed by atoms with Gasteiger partial charge in [-0.25, -0.2) is 0 Å². The van der Waals surface area contributed by atoms with Gasteiger partial charge in [0.05, 0.1) is 0 Å². The molecular weight excluding hydrogens is 108 g/mol. The monoisotopic (exact) mass is 124 g/mol. The van der Waals surface area contributed by atoms with Crippen LogP contribution in [0.2, 0.25) is 0 Å². The Hall–Kier alpha value is -0.520. The smallest absolute Gasteiger partial charge is 0.0314 e. The van der Waals surface area contributed by atoms with Crippen LogP contribution < -0.4 is 0 Å². The fourth-order valence-electron chi connectivity index (χ4n) is 0.635. The number of allylic oxidation sites excluding steroid dienone is 4. The molecular formula is C9H16. The molecule has 0 heterocycles. The number of hydrogen-bond acceptors (Lipinski definition) is 0. The van der Waals surface area contributed by atoms with Crippen molar-refractivity contribution in [1.82, 2.24) is 0 Å². The lowest BCUT2D eigenvalue weighted by Crippen LogP contribution is -1.66. The molecule has 0 saturated heterocycles. The largest absolute Gasteiger partial charge is 0.0917 e. The first-order valence-corrected chi connectivity index (χ1v) is 3.52. The van der Waals surface area contributed by atoms with Crippen molar-refractivity contribution in [2.24, 2.45) is 0 Å². The Balaban J connectivity index is 3.20. The van der Waals surface area contributed by atoms with Gasteiger partial charge in [0, 0.05) is 0 Å².